The van der Waals surface area contributed by atoms with Gasteiger partial charge >= 0.3 is 0 Å². The largest absolute Gasteiger partial charge is 0.296 e. The molecule has 2 unspecified atom stereocenters. The predicted octanol–water partition coefficient (Wildman–Crippen LogP) is -1.94. The Bertz CT molecular complexity index is 206. The van der Waals surface area contributed by atoms with Crippen molar-refractivity contribution in [2.24, 2.45) is 17.7 Å². The topological polar surface area (TPSA) is 75.4 Å². The molecule has 0 spiro atoms. The molecule has 5 nitrogen and oxygen atoms in total. The van der Waals surface area contributed by atoms with E-state index in [4.69, 9.17) is 5.84 Å². The maximum Gasteiger partial charge on any atom is 0.231 e. The smallest absolute Gasteiger partial charge is 0.231 e. The van der Waals surface area contributed by atoms with E-state index in [1.54, 1.807) is 0 Å². The van der Waals surface area contributed by atoms with Crippen LogP contribution < -0.4 is 11.2 Å². The van der Waals surface area contributed by atoms with Gasteiger partial charge in [0.1, 0.15) is 0 Å². The predicted molar refractivity (Wildman–Crippen MR) is 35.9 cm³/mol. The number of rotatable bonds is 0. The molecule has 2 atom stereocenters. The minimum atomic E-state index is -0.201. The number of hydrogen-bond donors (Lipinski definition) is 2. The fourth-order valence-corrected chi connectivity index (χ4v) is 1.67. The van der Waals surface area contributed by atoms with Gasteiger partial charge in [0.25, 0.3) is 0 Å². The molecule has 2 rings (SSSR count). The number of carbonyl (C=O) groups is 2. The molecule has 11 heavy (non-hydrogen) atoms. The lowest BCUT2D eigenvalue weighted by Crippen LogP contribution is -2.35. The van der Waals surface area contributed by atoms with Crippen molar-refractivity contribution in [3.63, 3.8) is 0 Å². The van der Waals surface area contributed by atoms with E-state index in [9.17, 15) is 9.59 Å². The minimum absolute atomic E-state index is 0.173. The molecule has 0 bridgehead atoms. The maximum absolute atomic E-state index is 11.0. The zero-order valence-corrected chi connectivity index (χ0v) is 5.91. The molecule has 2 heterocycles. The van der Waals surface area contributed by atoms with Crippen LogP contribution in [0.5, 0.6) is 0 Å². The average molecular weight is 155 g/mol. The summed E-state index contributed by atoms with van der Waals surface area (Å²) in [5, 5.41) is 3.80. The highest BCUT2D eigenvalue weighted by Gasteiger charge is 2.46. The van der Waals surface area contributed by atoms with E-state index in [2.05, 4.69) is 5.32 Å². The molecule has 60 valence electrons. The summed E-state index contributed by atoms with van der Waals surface area (Å²) in [5.74, 6) is 4.70. The van der Waals surface area contributed by atoms with Gasteiger partial charge in [-0.2, -0.15) is 0 Å². The van der Waals surface area contributed by atoms with Crippen LogP contribution in [0.3, 0.4) is 0 Å². The van der Waals surface area contributed by atoms with Crippen LogP contribution in [0.2, 0.25) is 0 Å². The molecule has 0 aromatic rings. The van der Waals surface area contributed by atoms with Crippen molar-refractivity contribution in [3.8, 4) is 0 Å². The van der Waals surface area contributed by atoms with Crippen LogP contribution in [-0.4, -0.2) is 29.9 Å². The molecule has 0 aromatic heterocycles. The number of hydrazine groups is 1. The number of carbonyl (C=O) groups excluding carboxylic acids is 2. The highest BCUT2D eigenvalue weighted by Crippen LogP contribution is 2.25. The molecule has 0 saturated carbocycles. The van der Waals surface area contributed by atoms with E-state index in [0.717, 1.165) is 0 Å². The van der Waals surface area contributed by atoms with Crippen LogP contribution in [0, 0.1) is 11.8 Å². The van der Waals surface area contributed by atoms with Gasteiger partial charge in [-0.15, -0.1) is 0 Å². The van der Waals surface area contributed by atoms with Gasteiger partial charge in [0.2, 0.25) is 11.8 Å². The second-order valence-corrected chi connectivity index (χ2v) is 3.02. The number of nitrogens with zero attached hydrogens (tertiary/aromatic N) is 1. The van der Waals surface area contributed by atoms with Crippen molar-refractivity contribution in [3.05, 3.63) is 0 Å². The number of fused-ring (bicyclic) bond motifs is 1. The van der Waals surface area contributed by atoms with Crippen LogP contribution >= 0.6 is 0 Å². The molecular weight excluding hydrogens is 146 g/mol. The van der Waals surface area contributed by atoms with Gasteiger partial charge < -0.3 is 0 Å². The Morgan fingerprint density at radius 2 is 1.73 bits per heavy atom. The van der Waals surface area contributed by atoms with E-state index >= 15 is 0 Å². The highest BCUT2D eigenvalue weighted by atomic mass is 16.2. The Morgan fingerprint density at radius 3 is 2.18 bits per heavy atom. The number of imide groups is 1. The van der Waals surface area contributed by atoms with Gasteiger partial charge in [0.05, 0.1) is 11.8 Å². The Kier molecular flexibility index (Phi) is 1.24. The van der Waals surface area contributed by atoms with Crippen molar-refractivity contribution in [1.29, 1.82) is 0 Å². The van der Waals surface area contributed by atoms with Crippen LogP contribution in [0.25, 0.3) is 0 Å². The Hall–Kier alpha value is -0.940. The number of nitrogens with one attached hydrogen (secondary N) is 1. The van der Waals surface area contributed by atoms with E-state index in [0.29, 0.717) is 13.1 Å². The quantitative estimate of drug-likeness (QED) is 0.315. The van der Waals surface area contributed by atoms with Gasteiger partial charge in [-0.25, -0.2) is 5.01 Å². The van der Waals surface area contributed by atoms with Crippen molar-refractivity contribution in [2.75, 3.05) is 13.1 Å². The Labute approximate surface area is 63.5 Å². The lowest BCUT2D eigenvalue weighted by molar-refractivity contribution is -0.126. The Balaban J connectivity index is 2.23. The van der Waals surface area contributed by atoms with Gasteiger partial charge in [0, 0.05) is 13.1 Å². The van der Waals surface area contributed by atoms with Gasteiger partial charge in [-0.3, -0.25) is 20.7 Å². The van der Waals surface area contributed by atoms with Gasteiger partial charge in [-0.05, 0) is 0 Å². The SMILES string of the molecule is NN1CC2C(=O)NC(=O)C2C1. The first-order valence-corrected chi connectivity index (χ1v) is 3.53. The molecule has 2 saturated heterocycles. The number of nitrogens with two attached hydrogens (primary N) is 1. The molecule has 3 N–H and O–H groups in total. The zero-order chi connectivity index (χ0) is 8.01. The molecule has 0 radical (unpaired) electrons. The average Bonchev–Trinajstić information content (AvgIpc) is 2.38. The summed E-state index contributed by atoms with van der Waals surface area (Å²) in [6, 6.07) is 0. The third kappa shape index (κ3) is 0.849. The second-order valence-electron chi connectivity index (χ2n) is 3.02. The van der Waals surface area contributed by atoms with Crippen LogP contribution in [0.4, 0.5) is 0 Å². The summed E-state index contributed by atoms with van der Waals surface area (Å²) in [4.78, 5) is 22.0. The molecule has 2 amide bonds. The fraction of sp³-hybridized carbons (Fsp3) is 0.667. The van der Waals surface area contributed by atoms with Crippen LogP contribution in [-0.2, 0) is 9.59 Å². The molecule has 0 aliphatic carbocycles. The van der Waals surface area contributed by atoms with Crippen molar-refractivity contribution in [1.82, 2.24) is 10.3 Å². The standard InChI is InChI=1S/C6H9N3O2/c7-9-1-3-4(2-9)6(11)8-5(3)10/h3-4H,1-2,7H2,(H,8,10,11). The molecule has 2 aliphatic rings. The lowest BCUT2D eigenvalue weighted by atomic mass is 10.00. The van der Waals surface area contributed by atoms with E-state index in [1.165, 1.54) is 5.01 Å². The second kappa shape index (κ2) is 2.02. The zero-order valence-electron chi connectivity index (χ0n) is 5.91. The summed E-state index contributed by atoms with van der Waals surface area (Å²) in [6.07, 6.45) is 0. The molecule has 2 aliphatic heterocycles. The fourth-order valence-electron chi connectivity index (χ4n) is 1.67. The summed E-state index contributed by atoms with van der Waals surface area (Å²) in [7, 11) is 0. The summed E-state index contributed by atoms with van der Waals surface area (Å²) >= 11 is 0. The summed E-state index contributed by atoms with van der Waals surface area (Å²) in [5.41, 5.74) is 0. The van der Waals surface area contributed by atoms with E-state index in [1.807, 2.05) is 0 Å². The molecule has 0 aromatic carbocycles. The third-order valence-electron chi connectivity index (χ3n) is 2.27. The third-order valence-corrected chi connectivity index (χ3v) is 2.27. The number of hydrogen-bond acceptors (Lipinski definition) is 4. The Morgan fingerprint density at radius 1 is 1.27 bits per heavy atom. The van der Waals surface area contributed by atoms with E-state index in [-0.39, 0.29) is 23.7 Å². The normalized spacial score (nSPS) is 37.5. The first-order chi connectivity index (χ1) is 5.18. The monoisotopic (exact) mass is 155 g/mol. The first-order valence-electron chi connectivity index (χ1n) is 3.53. The number of amides is 2. The molecule has 2 fully saturated rings. The van der Waals surface area contributed by atoms with Crippen LogP contribution in [0.1, 0.15) is 0 Å². The van der Waals surface area contributed by atoms with Gasteiger partial charge in [-0.1, -0.05) is 0 Å². The lowest BCUT2D eigenvalue weighted by Gasteiger charge is -2.06. The van der Waals surface area contributed by atoms with E-state index < -0.39 is 0 Å². The molecule has 5 heteroatoms. The first kappa shape index (κ1) is 6.75. The van der Waals surface area contributed by atoms with Crippen molar-refractivity contribution >= 4 is 11.8 Å². The van der Waals surface area contributed by atoms with Crippen LogP contribution in [0.15, 0.2) is 0 Å². The van der Waals surface area contributed by atoms with Crippen molar-refractivity contribution < 1.29 is 9.59 Å². The van der Waals surface area contributed by atoms with Gasteiger partial charge in [0.15, 0.2) is 0 Å². The highest BCUT2D eigenvalue weighted by molar-refractivity contribution is 6.05. The summed E-state index contributed by atoms with van der Waals surface area (Å²) in [6.45, 7) is 1.00. The summed E-state index contributed by atoms with van der Waals surface area (Å²) < 4.78 is 0. The maximum atomic E-state index is 11.0. The molecular formula is C6H9N3O2. The minimum Gasteiger partial charge on any atom is -0.296 e. The van der Waals surface area contributed by atoms with Crippen molar-refractivity contribution in [2.45, 2.75) is 0 Å².